The fourth-order valence-electron chi connectivity index (χ4n) is 5.65. The van der Waals surface area contributed by atoms with Crippen molar-refractivity contribution in [3.8, 4) is 0 Å². The van der Waals surface area contributed by atoms with Crippen molar-refractivity contribution in [2.45, 2.75) is 32.1 Å². The van der Waals surface area contributed by atoms with Gasteiger partial charge in [-0.3, -0.25) is 0 Å². The van der Waals surface area contributed by atoms with E-state index >= 15 is 0 Å². The molecule has 2 heteroatoms. The van der Waals surface area contributed by atoms with Crippen LogP contribution in [0, 0.1) is 41.4 Å². The number of hydrogen-bond donors (Lipinski definition) is 0. The molecule has 0 spiro atoms. The van der Waals surface area contributed by atoms with Crippen LogP contribution in [0.4, 0.5) is 8.78 Å². The molecule has 3 saturated carbocycles. The summed E-state index contributed by atoms with van der Waals surface area (Å²) < 4.78 is 25.1. The van der Waals surface area contributed by atoms with E-state index in [1.54, 1.807) is 0 Å². The molecule has 0 radical (unpaired) electrons. The molecule has 4 aliphatic carbocycles. The van der Waals surface area contributed by atoms with Crippen molar-refractivity contribution in [3.63, 3.8) is 0 Å². The van der Waals surface area contributed by atoms with Gasteiger partial charge in [0.25, 0.3) is 0 Å². The Bertz CT molecular complexity index is 336. The number of allylic oxidation sites excluding steroid dienone is 2. The van der Waals surface area contributed by atoms with E-state index < -0.39 is 6.43 Å². The molecule has 0 nitrogen and oxygen atoms in total. The maximum absolute atomic E-state index is 12.5. The van der Waals surface area contributed by atoms with Crippen molar-refractivity contribution in [1.82, 2.24) is 0 Å². The SMILES string of the molecule is FC(F)CC1CC2CC1C1C3C=CC(C3)C21. The molecule has 3 fully saturated rings. The van der Waals surface area contributed by atoms with Crippen LogP contribution in [0.1, 0.15) is 25.7 Å². The number of rotatable bonds is 2. The molecule has 16 heavy (non-hydrogen) atoms. The molecule has 7 unspecified atom stereocenters. The summed E-state index contributed by atoms with van der Waals surface area (Å²) >= 11 is 0. The summed E-state index contributed by atoms with van der Waals surface area (Å²) in [7, 11) is 0. The van der Waals surface area contributed by atoms with Crippen molar-refractivity contribution in [2.24, 2.45) is 41.4 Å². The van der Waals surface area contributed by atoms with Gasteiger partial charge >= 0.3 is 0 Å². The van der Waals surface area contributed by atoms with Crippen LogP contribution in [0.5, 0.6) is 0 Å². The molecule has 0 aromatic heterocycles. The van der Waals surface area contributed by atoms with E-state index in [0.29, 0.717) is 11.8 Å². The average Bonchev–Trinajstić information content (AvgIpc) is 2.93. The van der Waals surface area contributed by atoms with Gasteiger partial charge in [-0.25, -0.2) is 8.78 Å². The summed E-state index contributed by atoms with van der Waals surface area (Å²) in [5.41, 5.74) is 0. The third-order valence-electron chi connectivity index (χ3n) is 5.89. The predicted molar refractivity (Wildman–Crippen MR) is 58.0 cm³/mol. The van der Waals surface area contributed by atoms with Gasteiger partial charge in [-0.15, -0.1) is 0 Å². The molecule has 0 saturated heterocycles. The van der Waals surface area contributed by atoms with Crippen LogP contribution in [0.15, 0.2) is 12.2 Å². The van der Waals surface area contributed by atoms with Gasteiger partial charge in [-0.05, 0) is 60.7 Å². The molecule has 0 N–H and O–H groups in total. The van der Waals surface area contributed by atoms with Gasteiger partial charge < -0.3 is 0 Å². The summed E-state index contributed by atoms with van der Waals surface area (Å²) in [6.07, 6.45) is 6.58. The monoisotopic (exact) mass is 224 g/mol. The van der Waals surface area contributed by atoms with Crippen LogP contribution in [-0.4, -0.2) is 6.43 Å². The van der Waals surface area contributed by atoms with Crippen LogP contribution in [-0.2, 0) is 0 Å². The van der Waals surface area contributed by atoms with Gasteiger partial charge in [0.05, 0.1) is 0 Å². The Balaban J connectivity index is 1.59. The third-order valence-corrected chi connectivity index (χ3v) is 5.89. The molecule has 4 aliphatic rings. The van der Waals surface area contributed by atoms with E-state index in [0.717, 1.165) is 36.0 Å². The zero-order chi connectivity index (χ0) is 10.9. The molecular formula is C14H18F2. The second kappa shape index (κ2) is 3.08. The van der Waals surface area contributed by atoms with Gasteiger partial charge in [-0.2, -0.15) is 0 Å². The lowest BCUT2D eigenvalue weighted by Crippen LogP contribution is -2.31. The average molecular weight is 224 g/mol. The Labute approximate surface area is 95.1 Å². The molecule has 7 atom stereocenters. The zero-order valence-electron chi connectivity index (χ0n) is 9.36. The minimum atomic E-state index is -2.09. The highest BCUT2D eigenvalue weighted by molar-refractivity contribution is 5.20. The molecular weight excluding hydrogens is 206 g/mol. The van der Waals surface area contributed by atoms with Crippen molar-refractivity contribution in [2.75, 3.05) is 0 Å². The summed E-state index contributed by atoms with van der Waals surface area (Å²) in [5.74, 6) is 5.02. The predicted octanol–water partition coefficient (Wildman–Crippen LogP) is 3.74. The molecule has 0 heterocycles. The highest BCUT2D eigenvalue weighted by atomic mass is 19.3. The Morgan fingerprint density at radius 3 is 2.50 bits per heavy atom. The normalized spacial score (nSPS) is 56.6. The number of halogens is 2. The van der Waals surface area contributed by atoms with E-state index in [9.17, 15) is 8.78 Å². The highest BCUT2D eigenvalue weighted by Crippen LogP contribution is 2.67. The first-order valence-electron chi connectivity index (χ1n) is 6.70. The zero-order valence-corrected chi connectivity index (χ0v) is 9.36. The largest absolute Gasteiger partial charge is 0.238 e. The Kier molecular flexibility index (Phi) is 1.85. The van der Waals surface area contributed by atoms with Crippen molar-refractivity contribution in [3.05, 3.63) is 12.2 Å². The van der Waals surface area contributed by atoms with Crippen LogP contribution < -0.4 is 0 Å². The second-order valence-corrected chi connectivity index (χ2v) is 6.39. The van der Waals surface area contributed by atoms with Crippen LogP contribution >= 0.6 is 0 Å². The Morgan fingerprint density at radius 1 is 1.00 bits per heavy atom. The first-order valence-corrected chi connectivity index (χ1v) is 6.70. The first-order chi connectivity index (χ1) is 7.74. The summed E-state index contributed by atoms with van der Waals surface area (Å²) in [6.45, 7) is 0. The molecule has 0 aliphatic heterocycles. The van der Waals surface area contributed by atoms with Gasteiger partial charge in [0, 0.05) is 6.42 Å². The van der Waals surface area contributed by atoms with Gasteiger partial charge in [-0.1, -0.05) is 12.2 Å². The minimum absolute atomic E-state index is 0.172. The molecule has 4 rings (SSSR count). The lowest BCUT2D eigenvalue weighted by atomic mass is 9.69. The van der Waals surface area contributed by atoms with Crippen LogP contribution in [0.2, 0.25) is 0 Å². The molecule has 4 bridgehead atoms. The van der Waals surface area contributed by atoms with E-state index in [-0.39, 0.29) is 6.42 Å². The minimum Gasteiger partial charge on any atom is -0.211 e. The molecule has 88 valence electrons. The highest BCUT2D eigenvalue weighted by Gasteiger charge is 2.60. The second-order valence-electron chi connectivity index (χ2n) is 6.39. The van der Waals surface area contributed by atoms with E-state index in [4.69, 9.17) is 0 Å². The topological polar surface area (TPSA) is 0 Å². The van der Waals surface area contributed by atoms with Crippen LogP contribution in [0.3, 0.4) is 0 Å². The fraction of sp³-hybridized carbons (Fsp3) is 0.857. The van der Waals surface area contributed by atoms with Crippen LogP contribution in [0.25, 0.3) is 0 Å². The summed E-state index contributed by atoms with van der Waals surface area (Å²) in [6, 6.07) is 0. The molecule has 0 amide bonds. The Hall–Kier alpha value is -0.400. The van der Waals surface area contributed by atoms with Gasteiger partial charge in [0.15, 0.2) is 0 Å². The fourth-order valence-corrected chi connectivity index (χ4v) is 5.65. The molecule has 0 aromatic carbocycles. The van der Waals surface area contributed by atoms with E-state index in [1.807, 2.05) is 0 Å². The third kappa shape index (κ3) is 1.09. The van der Waals surface area contributed by atoms with Crippen molar-refractivity contribution < 1.29 is 8.78 Å². The number of alkyl halides is 2. The maximum atomic E-state index is 12.5. The standard InChI is InChI=1S/C14H18F2/c15-12(16)6-9-4-10-5-11(9)14-8-2-1-7(3-8)13(10)14/h1-2,7-14H,3-6H2. The lowest BCUT2D eigenvalue weighted by molar-refractivity contribution is 0.0683. The first kappa shape index (κ1) is 9.61. The number of fused-ring (bicyclic) bond motifs is 9. The molecule has 0 aromatic rings. The Morgan fingerprint density at radius 2 is 1.75 bits per heavy atom. The quantitative estimate of drug-likeness (QED) is 0.495. The van der Waals surface area contributed by atoms with E-state index in [2.05, 4.69) is 12.2 Å². The maximum Gasteiger partial charge on any atom is 0.238 e. The number of hydrogen-bond acceptors (Lipinski definition) is 0. The smallest absolute Gasteiger partial charge is 0.211 e. The van der Waals surface area contributed by atoms with Gasteiger partial charge in [0.2, 0.25) is 6.43 Å². The van der Waals surface area contributed by atoms with Gasteiger partial charge in [0.1, 0.15) is 0 Å². The van der Waals surface area contributed by atoms with E-state index in [1.165, 1.54) is 12.8 Å². The lowest BCUT2D eigenvalue weighted by Gasteiger charge is -2.36. The summed E-state index contributed by atoms with van der Waals surface area (Å²) in [4.78, 5) is 0. The summed E-state index contributed by atoms with van der Waals surface area (Å²) in [5, 5.41) is 0. The van der Waals surface area contributed by atoms with Crippen molar-refractivity contribution >= 4 is 0 Å². The van der Waals surface area contributed by atoms with Crippen molar-refractivity contribution in [1.29, 1.82) is 0 Å².